The zero-order chi connectivity index (χ0) is 20.9. The number of para-hydroxylation sites is 1. The molecule has 1 unspecified atom stereocenters. The number of aliphatic carboxylic acids is 1. The lowest BCUT2D eigenvalue weighted by Crippen LogP contribution is -2.18. The minimum absolute atomic E-state index is 0.202. The summed E-state index contributed by atoms with van der Waals surface area (Å²) in [5.41, 5.74) is 1.55. The first kappa shape index (κ1) is 19.2. The summed E-state index contributed by atoms with van der Waals surface area (Å²) in [7, 11) is 0. The van der Waals surface area contributed by atoms with E-state index in [1.165, 1.54) is 0 Å². The van der Waals surface area contributed by atoms with E-state index in [-0.39, 0.29) is 24.7 Å². The number of carboxylic acids is 1. The van der Waals surface area contributed by atoms with Crippen LogP contribution in [0.25, 0.3) is 0 Å². The lowest BCUT2D eigenvalue weighted by atomic mass is 10.1. The molecule has 0 aliphatic carbocycles. The summed E-state index contributed by atoms with van der Waals surface area (Å²) in [5, 5.41) is 18.9. The van der Waals surface area contributed by atoms with E-state index >= 15 is 0 Å². The second kappa shape index (κ2) is 8.45. The van der Waals surface area contributed by atoms with Crippen molar-refractivity contribution in [2.75, 3.05) is 6.79 Å². The molecule has 3 aromatic carbocycles. The average Bonchev–Trinajstić information content (AvgIpc) is 3.24. The second-order valence-corrected chi connectivity index (χ2v) is 6.49. The maximum atomic E-state index is 11.8. The third-order valence-electron chi connectivity index (χ3n) is 4.48. The molecule has 0 amide bonds. The van der Waals surface area contributed by atoms with E-state index < -0.39 is 12.1 Å². The maximum absolute atomic E-state index is 11.8. The molecule has 1 aliphatic rings. The number of nitrogens with zero attached hydrogens (tertiary/aromatic N) is 1. The van der Waals surface area contributed by atoms with Gasteiger partial charge < -0.3 is 24.1 Å². The van der Waals surface area contributed by atoms with E-state index in [1.807, 2.05) is 24.3 Å². The molecule has 3 aromatic rings. The molecule has 7 heteroatoms. The Morgan fingerprint density at radius 1 is 1.07 bits per heavy atom. The minimum Gasteiger partial charge on any atom is -0.489 e. The van der Waals surface area contributed by atoms with Crippen molar-refractivity contribution in [1.29, 1.82) is 5.26 Å². The van der Waals surface area contributed by atoms with Crippen LogP contribution in [0.4, 0.5) is 0 Å². The highest BCUT2D eigenvalue weighted by Crippen LogP contribution is 2.33. The number of rotatable bonds is 7. The Bertz CT molecular complexity index is 1120. The summed E-state index contributed by atoms with van der Waals surface area (Å²) in [6, 6.07) is 20.7. The smallest absolute Gasteiger partial charge is 0.349 e. The maximum Gasteiger partial charge on any atom is 0.349 e. The minimum atomic E-state index is -1.28. The molecule has 1 atom stereocenters. The van der Waals surface area contributed by atoms with Crippen LogP contribution >= 0.6 is 0 Å². The monoisotopic (exact) mass is 403 g/mol. The van der Waals surface area contributed by atoms with Gasteiger partial charge in [-0.05, 0) is 42.0 Å². The molecule has 0 saturated heterocycles. The molecule has 30 heavy (non-hydrogen) atoms. The zero-order valence-electron chi connectivity index (χ0n) is 15.8. The van der Waals surface area contributed by atoms with Gasteiger partial charge in [-0.2, -0.15) is 5.26 Å². The number of fused-ring (bicyclic) bond motifs is 1. The third kappa shape index (κ3) is 4.13. The van der Waals surface area contributed by atoms with Crippen LogP contribution in [0.3, 0.4) is 0 Å². The normalized spacial score (nSPS) is 12.6. The molecule has 1 aliphatic heterocycles. The van der Waals surface area contributed by atoms with Crippen molar-refractivity contribution in [2.24, 2.45) is 0 Å². The lowest BCUT2D eigenvalue weighted by molar-refractivity contribution is -0.145. The summed E-state index contributed by atoms with van der Waals surface area (Å²) >= 11 is 0. The van der Waals surface area contributed by atoms with Gasteiger partial charge in [-0.1, -0.05) is 30.3 Å². The van der Waals surface area contributed by atoms with E-state index in [9.17, 15) is 15.2 Å². The molecule has 0 spiro atoms. The van der Waals surface area contributed by atoms with Crippen molar-refractivity contribution >= 4 is 5.97 Å². The van der Waals surface area contributed by atoms with Crippen LogP contribution in [-0.2, 0) is 11.4 Å². The molecular formula is C23H17NO6. The van der Waals surface area contributed by atoms with Crippen LogP contribution in [0.2, 0.25) is 0 Å². The molecule has 0 bridgehead atoms. The first-order valence-electron chi connectivity index (χ1n) is 9.14. The predicted octanol–water partition coefficient (Wildman–Crippen LogP) is 4.07. The number of nitriles is 1. The van der Waals surface area contributed by atoms with E-state index in [0.29, 0.717) is 22.8 Å². The largest absolute Gasteiger partial charge is 0.489 e. The van der Waals surface area contributed by atoms with Crippen LogP contribution in [0.1, 0.15) is 22.8 Å². The van der Waals surface area contributed by atoms with E-state index in [4.69, 9.17) is 18.9 Å². The fourth-order valence-electron chi connectivity index (χ4n) is 3.01. The molecule has 0 aromatic heterocycles. The molecule has 1 N–H and O–H groups in total. The number of carboxylic acid groups (broad SMARTS) is 1. The highest BCUT2D eigenvalue weighted by atomic mass is 16.7. The van der Waals surface area contributed by atoms with E-state index in [0.717, 1.165) is 5.56 Å². The third-order valence-corrected chi connectivity index (χ3v) is 4.48. The molecule has 1 heterocycles. The molecule has 4 rings (SSSR count). The first-order valence-corrected chi connectivity index (χ1v) is 9.14. The van der Waals surface area contributed by atoms with Gasteiger partial charge in [0.05, 0.1) is 5.56 Å². The Kier molecular flexibility index (Phi) is 5.39. The van der Waals surface area contributed by atoms with Gasteiger partial charge in [-0.25, -0.2) is 4.79 Å². The van der Waals surface area contributed by atoms with Crippen molar-refractivity contribution < 1.29 is 28.8 Å². The van der Waals surface area contributed by atoms with Crippen LogP contribution in [0, 0.1) is 11.3 Å². The highest BCUT2D eigenvalue weighted by molar-refractivity contribution is 5.75. The van der Waals surface area contributed by atoms with Crippen molar-refractivity contribution in [3.8, 4) is 29.1 Å². The van der Waals surface area contributed by atoms with Gasteiger partial charge in [-0.15, -0.1) is 0 Å². The fourth-order valence-corrected chi connectivity index (χ4v) is 3.01. The van der Waals surface area contributed by atoms with Crippen molar-refractivity contribution in [2.45, 2.75) is 12.7 Å². The summed E-state index contributed by atoms with van der Waals surface area (Å²) in [6.07, 6.45) is -1.28. The van der Waals surface area contributed by atoms with Gasteiger partial charge in [0.1, 0.15) is 24.2 Å². The standard InChI is InChI=1S/C23H17NO6/c24-12-17-4-1-2-7-19(17)30-22(23(25)26)16-5-3-6-18(11-16)27-13-15-8-9-20-21(10-15)29-14-28-20/h1-11,22H,13-14H2,(H,25,26). The first-order chi connectivity index (χ1) is 14.6. The summed E-state index contributed by atoms with van der Waals surface area (Å²) < 4.78 is 22.1. The Hall–Kier alpha value is -4.18. The Labute approximate surface area is 172 Å². The molecule has 0 radical (unpaired) electrons. The number of hydrogen-bond acceptors (Lipinski definition) is 6. The topological polar surface area (TPSA) is 98.0 Å². The van der Waals surface area contributed by atoms with Gasteiger partial charge >= 0.3 is 5.97 Å². The second-order valence-electron chi connectivity index (χ2n) is 6.49. The average molecular weight is 403 g/mol. The molecule has 7 nitrogen and oxygen atoms in total. The highest BCUT2D eigenvalue weighted by Gasteiger charge is 2.23. The van der Waals surface area contributed by atoms with Crippen LogP contribution < -0.4 is 18.9 Å². The Morgan fingerprint density at radius 3 is 2.73 bits per heavy atom. The predicted molar refractivity (Wildman–Crippen MR) is 106 cm³/mol. The van der Waals surface area contributed by atoms with Gasteiger partial charge in [-0.3, -0.25) is 0 Å². The van der Waals surface area contributed by atoms with Gasteiger partial charge in [0.2, 0.25) is 12.9 Å². The van der Waals surface area contributed by atoms with E-state index in [1.54, 1.807) is 48.5 Å². The lowest BCUT2D eigenvalue weighted by Gasteiger charge is -2.17. The van der Waals surface area contributed by atoms with Gasteiger partial charge in [0, 0.05) is 5.56 Å². The molecule has 150 valence electrons. The SMILES string of the molecule is N#Cc1ccccc1OC(C(=O)O)c1cccc(OCc2ccc3c(c2)OCO3)c1. The van der Waals surface area contributed by atoms with Crippen molar-refractivity contribution in [3.63, 3.8) is 0 Å². The summed E-state index contributed by atoms with van der Waals surface area (Å²) in [6.45, 7) is 0.475. The number of ether oxygens (including phenoxy) is 4. The summed E-state index contributed by atoms with van der Waals surface area (Å²) in [4.78, 5) is 11.8. The van der Waals surface area contributed by atoms with Crippen LogP contribution in [-0.4, -0.2) is 17.9 Å². The van der Waals surface area contributed by atoms with Gasteiger partial charge in [0.25, 0.3) is 0 Å². The van der Waals surface area contributed by atoms with Gasteiger partial charge in [0.15, 0.2) is 11.5 Å². The Morgan fingerprint density at radius 2 is 1.90 bits per heavy atom. The van der Waals surface area contributed by atoms with E-state index in [2.05, 4.69) is 0 Å². The molecular weight excluding hydrogens is 386 g/mol. The number of hydrogen-bond donors (Lipinski definition) is 1. The van der Waals surface area contributed by atoms with Crippen LogP contribution in [0.5, 0.6) is 23.0 Å². The number of benzene rings is 3. The molecule has 0 fully saturated rings. The fraction of sp³-hybridized carbons (Fsp3) is 0.130. The van der Waals surface area contributed by atoms with Crippen molar-refractivity contribution in [1.82, 2.24) is 0 Å². The van der Waals surface area contributed by atoms with Crippen molar-refractivity contribution in [3.05, 3.63) is 83.4 Å². The summed E-state index contributed by atoms with van der Waals surface area (Å²) in [5.74, 6) is 0.892. The zero-order valence-corrected chi connectivity index (χ0v) is 15.8. The molecule has 0 saturated carbocycles. The van der Waals surface area contributed by atoms with Crippen LogP contribution in [0.15, 0.2) is 66.7 Å². The Balaban J connectivity index is 1.50. The number of carbonyl (C=O) groups is 1. The quantitative estimate of drug-likeness (QED) is 0.635.